The van der Waals surface area contributed by atoms with Crippen LogP contribution in [0.25, 0.3) is 0 Å². The molecule has 0 aliphatic carbocycles. The first-order valence-corrected chi connectivity index (χ1v) is 7.77. The standard InChI is InChI=1S/C17H26ClNO2/c1-11(2)15(12(3)4)19-16(20)17(5,6)21-14-9-7-13(18)8-10-14/h7-12,15H,1-6H3,(H,19,20). The van der Waals surface area contributed by atoms with Gasteiger partial charge in [-0.05, 0) is 49.9 Å². The second-order valence-electron chi connectivity index (χ2n) is 6.55. The van der Waals surface area contributed by atoms with Crippen LogP contribution < -0.4 is 10.1 Å². The number of amides is 1. The summed E-state index contributed by atoms with van der Waals surface area (Å²) in [7, 11) is 0. The predicted molar refractivity (Wildman–Crippen MR) is 87.8 cm³/mol. The fourth-order valence-electron chi connectivity index (χ4n) is 2.27. The van der Waals surface area contributed by atoms with E-state index < -0.39 is 5.60 Å². The van der Waals surface area contributed by atoms with Crippen molar-refractivity contribution in [3.8, 4) is 5.75 Å². The van der Waals surface area contributed by atoms with Gasteiger partial charge < -0.3 is 10.1 Å². The maximum atomic E-state index is 12.5. The van der Waals surface area contributed by atoms with Crippen LogP contribution in [0, 0.1) is 11.8 Å². The number of halogens is 1. The third-order valence-electron chi connectivity index (χ3n) is 3.47. The van der Waals surface area contributed by atoms with E-state index in [9.17, 15) is 4.79 Å². The second kappa shape index (κ2) is 7.17. The van der Waals surface area contributed by atoms with Crippen molar-refractivity contribution in [1.82, 2.24) is 5.32 Å². The third-order valence-corrected chi connectivity index (χ3v) is 3.72. The molecule has 1 N–H and O–H groups in total. The van der Waals surface area contributed by atoms with E-state index in [0.717, 1.165) is 0 Å². The predicted octanol–water partition coefficient (Wildman–Crippen LogP) is 4.29. The Morgan fingerprint density at radius 1 is 1.10 bits per heavy atom. The van der Waals surface area contributed by atoms with Gasteiger partial charge in [-0.1, -0.05) is 39.3 Å². The first kappa shape index (κ1) is 17.8. The van der Waals surface area contributed by atoms with Gasteiger partial charge in [-0.2, -0.15) is 0 Å². The lowest BCUT2D eigenvalue weighted by Crippen LogP contribution is -2.52. The fourth-order valence-corrected chi connectivity index (χ4v) is 2.40. The Morgan fingerprint density at radius 2 is 1.57 bits per heavy atom. The molecule has 0 spiro atoms. The van der Waals surface area contributed by atoms with E-state index in [1.54, 1.807) is 38.1 Å². The van der Waals surface area contributed by atoms with Crippen LogP contribution in [0.3, 0.4) is 0 Å². The minimum Gasteiger partial charge on any atom is -0.478 e. The molecule has 0 aromatic heterocycles. The first-order chi connectivity index (χ1) is 9.63. The van der Waals surface area contributed by atoms with Gasteiger partial charge in [0, 0.05) is 11.1 Å². The highest BCUT2D eigenvalue weighted by Gasteiger charge is 2.33. The summed E-state index contributed by atoms with van der Waals surface area (Å²) < 4.78 is 5.81. The van der Waals surface area contributed by atoms with Gasteiger partial charge in [-0.15, -0.1) is 0 Å². The Hall–Kier alpha value is -1.22. The number of rotatable bonds is 6. The van der Waals surface area contributed by atoms with Crippen LogP contribution in [0.4, 0.5) is 0 Å². The zero-order valence-corrected chi connectivity index (χ0v) is 14.5. The molecule has 1 rings (SSSR count). The molecule has 0 saturated carbocycles. The molecule has 0 unspecified atom stereocenters. The maximum Gasteiger partial charge on any atom is 0.263 e. The van der Waals surface area contributed by atoms with Crippen LogP contribution in [-0.2, 0) is 4.79 Å². The lowest BCUT2D eigenvalue weighted by molar-refractivity contribution is -0.135. The van der Waals surface area contributed by atoms with Crippen LogP contribution in [-0.4, -0.2) is 17.6 Å². The molecule has 0 atom stereocenters. The van der Waals surface area contributed by atoms with Gasteiger partial charge in [0.2, 0.25) is 0 Å². The molecule has 0 heterocycles. The number of benzene rings is 1. The van der Waals surface area contributed by atoms with Crippen LogP contribution in [0.15, 0.2) is 24.3 Å². The van der Waals surface area contributed by atoms with E-state index in [2.05, 4.69) is 33.0 Å². The largest absolute Gasteiger partial charge is 0.478 e. The van der Waals surface area contributed by atoms with Crippen LogP contribution in [0.5, 0.6) is 5.75 Å². The number of nitrogens with one attached hydrogen (secondary N) is 1. The summed E-state index contributed by atoms with van der Waals surface area (Å²) in [5.74, 6) is 1.27. The Bertz CT molecular complexity index is 458. The van der Waals surface area contributed by atoms with E-state index in [1.807, 2.05) is 0 Å². The van der Waals surface area contributed by atoms with Crippen LogP contribution in [0.2, 0.25) is 5.02 Å². The van der Waals surface area contributed by atoms with Gasteiger partial charge >= 0.3 is 0 Å². The zero-order valence-electron chi connectivity index (χ0n) is 13.7. The normalized spacial score (nSPS) is 12.1. The van der Waals surface area contributed by atoms with Gasteiger partial charge in [0.15, 0.2) is 5.60 Å². The highest BCUT2D eigenvalue weighted by atomic mass is 35.5. The van der Waals surface area contributed by atoms with E-state index in [1.165, 1.54) is 0 Å². The summed E-state index contributed by atoms with van der Waals surface area (Å²) in [6.45, 7) is 12.0. The third kappa shape index (κ3) is 5.24. The Morgan fingerprint density at radius 3 is 2.00 bits per heavy atom. The molecule has 4 heteroatoms. The SMILES string of the molecule is CC(C)C(NC(=O)C(C)(C)Oc1ccc(Cl)cc1)C(C)C. The highest BCUT2D eigenvalue weighted by Crippen LogP contribution is 2.22. The molecule has 0 aliphatic heterocycles. The van der Waals surface area contributed by atoms with E-state index in [0.29, 0.717) is 22.6 Å². The Balaban J connectivity index is 2.76. The van der Waals surface area contributed by atoms with Crippen molar-refractivity contribution in [2.75, 3.05) is 0 Å². The molecule has 1 aromatic carbocycles. The number of carbonyl (C=O) groups is 1. The van der Waals surface area contributed by atoms with Gasteiger partial charge in [0.1, 0.15) is 5.75 Å². The van der Waals surface area contributed by atoms with E-state index in [-0.39, 0.29) is 11.9 Å². The maximum absolute atomic E-state index is 12.5. The van der Waals surface area contributed by atoms with Crippen molar-refractivity contribution in [2.24, 2.45) is 11.8 Å². The van der Waals surface area contributed by atoms with Crippen molar-refractivity contribution < 1.29 is 9.53 Å². The van der Waals surface area contributed by atoms with Crippen molar-refractivity contribution in [2.45, 2.75) is 53.2 Å². The topological polar surface area (TPSA) is 38.3 Å². The van der Waals surface area contributed by atoms with E-state index in [4.69, 9.17) is 16.3 Å². The van der Waals surface area contributed by atoms with Gasteiger partial charge in [0.25, 0.3) is 5.91 Å². The molecule has 0 saturated heterocycles. The molecular formula is C17H26ClNO2. The Kier molecular flexibility index (Phi) is 6.09. The first-order valence-electron chi connectivity index (χ1n) is 7.39. The minimum absolute atomic E-state index is 0.107. The van der Waals surface area contributed by atoms with Gasteiger partial charge in [-0.3, -0.25) is 4.79 Å². The number of hydrogen-bond donors (Lipinski definition) is 1. The average Bonchev–Trinajstić information content (AvgIpc) is 2.37. The molecule has 118 valence electrons. The molecular weight excluding hydrogens is 286 g/mol. The molecule has 3 nitrogen and oxygen atoms in total. The summed E-state index contributed by atoms with van der Waals surface area (Å²) in [4.78, 5) is 12.5. The molecule has 0 aliphatic rings. The van der Waals surface area contributed by atoms with Crippen LogP contribution >= 0.6 is 11.6 Å². The molecule has 0 fully saturated rings. The lowest BCUT2D eigenvalue weighted by atomic mass is 9.92. The number of ether oxygens (including phenoxy) is 1. The summed E-state index contributed by atoms with van der Waals surface area (Å²) in [5.41, 5.74) is -0.935. The average molecular weight is 312 g/mol. The molecule has 0 radical (unpaired) electrons. The molecule has 1 amide bonds. The minimum atomic E-state index is -0.935. The second-order valence-corrected chi connectivity index (χ2v) is 6.99. The zero-order chi connectivity index (χ0) is 16.2. The lowest BCUT2D eigenvalue weighted by Gasteiger charge is -2.31. The van der Waals surface area contributed by atoms with Crippen molar-refractivity contribution >= 4 is 17.5 Å². The highest BCUT2D eigenvalue weighted by molar-refractivity contribution is 6.30. The summed E-state index contributed by atoms with van der Waals surface area (Å²) in [5, 5.41) is 3.74. The number of carbonyl (C=O) groups excluding carboxylic acids is 1. The molecule has 1 aromatic rings. The smallest absolute Gasteiger partial charge is 0.263 e. The van der Waals surface area contributed by atoms with Crippen LogP contribution in [0.1, 0.15) is 41.5 Å². The summed E-state index contributed by atoms with van der Waals surface area (Å²) >= 11 is 5.85. The quantitative estimate of drug-likeness (QED) is 0.851. The van der Waals surface area contributed by atoms with Gasteiger partial charge in [-0.25, -0.2) is 0 Å². The monoisotopic (exact) mass is 311 g/mol. The van der Waals surface area contributed by atoms with Gasteiger partial charge in [0.05, 0.1) is 0 Å². The van der Waals surface area contributed by atoms with E-state index >= 15 is 0 Å². The van der Waals surface area contributed by atoms with Crippen molar-refractivity contribution in [3.05, 3.63) is 29.3 Å². The Labute approximate surface area is 133 Å². The molecule has 0 bridgehead atoms. The fraction of sp³-hybridized carbons (Fsp3) is 0.588. The summed E-state index contributed by atoms with van der Waals surface area (Å²) in [6.07, 6.45) is 0. The van der Waals surface area contributed by atoms with Crippen molar-refractivity contribution in [3.63, 3.8) is 0 Å². The summed E-state index contributed by atoms with van der Waals surface area (Å²) in [6, 6.07) is 7.15. The molecule has 21 heavy (non-hydrogen) atoms. The van der Waals surface area contributed by atoms with Crippen molar-refractivity contribution in [1.29, 1.82) is 0 Å². The number of hydrogen-bond acceptors (Lipinski definition) is 2.